The topological polar surface area (TPSA) is 74.3 Å². The molecule has 0 radical (unpaired) electrons. The Labute approximate surface area is 89.6 Å². The lowest BCUT2D eigenvalue weighted by atomic mass is 10.5. The normalized spacial score (nSPS) is 8.50. The molecule has 0 bridgehead atoms. The standard InChI is InChI=1S/C6H6BrNO.C2H5NO2/c1-8-4-5(7)2-3-6(8)9;1-5-2(3)4/h2-4H,1H3;1H3,(H2,3,4). The molecule has 0 saturated heterocycles. The summed E-state index contributed by atoms with van der Waals surface area (Å²) >= 11 is 3.24. The number of hydrogen-bond acceptors (Lipinski definition) is 3. The molecule has 1 rings (SSSR count). The van der Waals surface area contributed by atoms with E-state index in [9.17, 15) is 9.59 Å². The molecule has 2 N–H and O–H groups in total. The molecule has 0 aliphatic heterocycles. The van der Waals surface area contributed by atoms with Gasteiger partial charge in [0, 0.05) is 23.8 Å². The summed E-state index contributed by atoms with van der Waals surface area (Å²) in [5.74, 6) is 0. The molecule has 0 aliphatic carbocycles. The second kappa shape index (κ2) is 6.20. The number of nitrogens with zero attached hydrogens (tertiary/aromatic N) is 1. The van der Waals surface area contributed by atoms with Crippen LogP contribution in [0.1, 0.15) is 0 Å². The highest BCUT2D eigenvalue weighted by atomic mass is 79.9. The number of aryl methyl sites for hydroxylation is 1. The number of halogens is 1. The van der Waals surface area contributed by atoms with Gasteiger partial charge in [0.15, 0.2) is 0 Å². The Hall–Kier alpha value is -1.30. The molecule has 1 aromatic heterocycles. The van der Waals surface area contributed by atoms with E-state index >= 15 is 0 Å². The highest BCUT2D eigenvalue weighted by Gasteiger charge is 1.87. The molecule has 78 valence electrons. The van der Waals surface area contributed by atoms with E-state index in [2.05, 4.69) is 26.4 Å². The maximum atomic E-state index is 10.7. The fraction of sp³-hybridized carbons (Fsp3) is 0.250. The molecule has 0 atom stereocenters. The number of rotatable bonds is 0. The number of nitrogens with two attached hydrogens (primary N) is 1. The summed E-state index contributed by atoms with van der Waals surface area (Å²) in [5.41, 5.74) is 4.44. The van der Waals surface area contributed by atoms with Crippen molar-refractivity contribution in [3.63, 3.8) is 0 Å². The van der Waals surface area contributed by atoms with Gasteiger partial charge in [0.2, 0.25) is 5.56 Å². The van der Waals surface area contributed by atoms with Crippen molar-refractivity contribution in [1.82, 2.24) is 4.57 Å². The highest BCUT2D eigenvalue weighted by Crippen LogP contribution is 2.02. The third-order valence-electron chi connectivity index (χ3n) is 1.25. The third kappa shape index (κ3) is 5.36. The van der Waals surface area contributed by atoms with E-state index < -0.39 is 6.09 Å². The monoisotopic (exact) mass is 262 g/mol. The lowest BCUT2D eigenvalue weighted by Gasteiger charge is -1.93. The van der Waals surface area contributed by atoms with Crippen LogP contribution in [0.3, 0.4) is 0 Å². The van der Waals surface area contributed by atoms with Crippen molar-refractivity contribution in [2.75, 3.05) is 7.11 Å². The van der Waals surface area contributed by atoms with Crippen LogP contribution in [0.15, 0.2) is 27.6 Å². The lowest BCUT2D eigenvalue weighted by Crippen LogP contribution is -2.13. The van der Waals surface area contributed by atoms with Crippen LogP contribution in [-0.2, 0) is 11.8 Å². The number of carbonyl (C=O) groups is 1. The van der Waals surface area contributed by atoms with Gasteiger partial charge in [0.25, 0.3) is 0 Å². The number of primary amides is 1. The second-order valence-electron chi connectivity index (χ2n) is 2.32. The predicted molar refractivity (Wildman–Crippen MR) is 56.0 cm³/mol. The molecule has 1 amide bonds. The first-order valence-electron chi connectivity index (χ1n) is 3.63. The van der Waals surface area contributed by atoms with Crippen LogP contribution in [0, 0.1) is 0 Å². The van der Waals surface area contributed by atoms with Crippen molar-refractivity contribution < 1.29 is 9.53 Å². The molecule has 5 nitrogen and oxygen atoms in total. The molecule has 0 saturated carbocycles. The summed E-state index contributed by atoms with van der Waals surface area (Å²) in [5, 5.41) is 0. The van der Waals surface area contributed by atoms with Gasteiger partial charge < -0.3 is 15.0 Å². The predicted octanol–water partition coefficient (Wildman–Crippen LogP) is 0.859. The van der Waals surface area contributed by atoms with E-state index in [1.807, 2.05) is 0 Å². The fourth-order valence-electron chi connectivity index (χ4n) is 0.560. The van der Waals surface area contributed by atoms with E-state index in [1.54, 1.807) is 19.3 Å². The van der Waals surface area contributed by atoms with Crippen LogP contribution in [-0.4, -0.2) is 17.8 Å². The van der Waals surface area contributed by atoms with Crippen molar-refractivity contribution in [1.29, 1.82) is 0 Å². The Bertz CT molecular complexity index is 362. The first-order chi connectivity index (χ1) is 6.47. The van der Waals surface area contributed by atoms with Gasteiger partial charge in [-0.25, -0.2) is 4.79 Å². The van der Waals surface area contributed by atoms with Gasteiger partial charge in [-0.15, -0.1) is 0 Å². The van der Waals surface area contributed by atoms with Crippen LogP contribution in [0.4, 0.5) is 4.79 Å². The van der Waals surface area contributed by atoms with Crippen LogP contribution >= 0.6 is 15.9 Å². The van der Waals surface area contributed by atoms with Crippen molar-refractivity contribution in [3.05, 3.63) is 33.2 Å². The Morgan fingerprint density at radius 3 is 2.36 bits per heavy atom. The molecule has 0 aliphatic rings. The van der Waals surface area contributed by atoms with Gasteiger partial charge in [0.1, 0.15) is 0 Å². The number of hydrogen-bond donors (Lipinski definition) is 1. The van der Waals surface area contributed by atoms with Crippen molar-refractivity contribution in [3.8, 4) is 0 Å². The summed E-state index contributed by atoms with van der Waals surface area (Å²) in [6.07, 6.45) is 0.979. The average Bonchev–Trinajstić information content (AvgIpc) is 2.13. The van der Waals surface area contributed by atoms with Gasteiger partial charge in [-0.1, -0.05) is 0 Å². The van der Waals surface area contributed by atoms with E-state index in [0.717, 1.165) is 4.47 Å². The van der Waals surface area contributed by atoms with Gasteiger partial charge in [0.05, 0.1) is 7.11 Å². The Morgan fingerprint density at radius 1 is 1.57 bits per heavy atom. The SMILES string of the molecule is COC(N)=O.Cn1cc(Br)ccc1=O. The van der Waals surface area contributed by atoms with Gasteiger partial charge >= 0.3 is 6.09 Å². The molecule has 0 spiro atoms. The first-order valence-corrected chi connectivity index (χ1v) is 4.42. The minimum Gasteiger partial charge on any atom is -0.453 e. The van der Waals surface area contributed by atoms with Crippen molar-refractivity contribution in [2.45, 2.75) is 0 Å². The lowest BCUT2D eigenvalue weighted by molar-refractivity contribution is 0.182. The molecular formula is C8H11BrN2O3. The molecule has 1 heterocycles. The highest BCUT2D eigenvalue weighted by molar-refractivity contribution is 9.10. The third-order valence-corrected chi connectivity index (χ3v) is 1.72. The summed E-state index contributed by atoms with van der Waals surface area (Å²) in [7, 11) is 2.94. The molecule has 0 unspecified atom stereocenters. The van der Waals surface area contributed by atoms with Crippen LogP contribution in [0.2, 0.25) is 0 Å². The van der Waals surface area contributed by atoms with Gasteiger partial charge in [-0.05, 0) is 22.0 Å². The maximum absolute atomic E-state index is 10.7. The molecule has 0 aromatic carbocycles. The van der Waals surface area contributed by atoms with E-state index in [0.29, 0.717) is 0 Å². The zero-order chi connectivity index (χ0) is 11.1. The Balaban J connectivity index is 0.000000292. The number of ether oxygens (including phenoxy) is 1. The molecule has 6 heteroatoms. The van der Waals surface area contributed by atoms with E-state index in [1.165, 1.54) is 17.7 Å². The number of aromatic nitrogens is 1. The molecule has 0 fully saturated rings. The number of pyridine rings is 1. The van der Waals surface area contributed by atoms with Crippen molar-refractivity contribution in [2.24, 2.45) is 12.8 Å². The minimum atomic E-state index is -0.745. The Kier molecular flexibility index (Phi) is 5.62. The zero-order valence-corrected chi connectivity index (χ0v) is 9.45. The Morgan fingerprint density at radius 2 is 2.07 bits per heavy atom. The zero-order valence-electron chi connectivity index (χ0n) is 7.86. The van der Waals surface area contributed by atoms with Crippen LogP contribution in [0.25, 0.3) is 0 Å². The number of methoxy groups -OCH3 is 1. The summed E-state index contributed by atoms with van der Waals surface area (Å²) in [4.78, 5) is 20.1. The van der Waals surface area contributed by atoms with Gasteiger partial charge in [-0.3, -0.25) is 4.79 Å². The van der Waals surface area contributed by atoms with Crippen molar-refractivity contribution >= 4 is 22.0 Å². The van der Waals surface area contributed by atoms with Crippen LogP contribution < -0.4 is 11.3 Å². The number of carbonyl (C=O) groups excluding carboxylic acids is 1. The van der Waals surface area contributed by atoms with E-state index in [-0.39, 0.29) is 5.56 Å². The molecule has 14 heavy (non-hydrogen) atoms. The minimum absolute atomic E-state index is 0.0122. The average molecular weight is 263 g/mol. The first kappa shape index (κ1) is 12.7. The maximum Gasteiger partial charge on any atom is 0.404 e. The number of amides is 1. The van der Waals surface area contributed by atoms with Gasteiger partial charge in [-0.2, -0.15) is 0 Å². The summed E-state index contributed by atoms with van der Waals surface area (Å²) in [6.45, 7) is 0. The second-order valence-corrected chi connectivity index (χ2v) is 3.24. The van der Waals surface area contributed by atoms with Crippen LogP contribution in [0.5, 0.6) is 0 Å². The summed E-state index contributed by atoms with van der Waals surface area (Å²) in [6, 6.07) is 3.24. The molecular weight excluding hydrogens is 252 g/mol. The van der Waals surface area contributed by atoms with E-state index in [4.69, 9.17) is 0 Å². The fourth-order valence-corrected chi connectivity index (χ4v) is 0.999. The molecule has 1 aromatic rings. The quantitative estimate of drug-likeness (QED) is 0.754. The summed E-state index contributed by atoms with van der Waals surface area (Å²) < 4.78 is 6.33. The largest absolute Gasteiger partial charge is 0.453 e. The smallest absolute Gasteiger partial charge is 0.404 e.